The zero-order valence-electron chi connectivity index (χ0n) is 17.3. The molecule has 2 heterocycles. The first-order valence-electron chi connectivity index (χ1n) is 10.2. The van der Waals surface area contributed by atoms with Gasteiger partial charge in [-0.25, -0.2) is 5.01 Å². The maximum Gasteiger partial charge on any atom is 0.230 e. The molecule has 0 aliphatic carbocycles. The molecule has 0 fully saturated rings. The summed E-state index contributed by atoms with van der Waals surface area (Å²) in [5.41, 5.74) is 4.34. The van der Waals surface area contributed by atoms with Crippen molar-refractivity contribution in [3.8, 4) is 11.3 Å². The van der Waals surface area contributed by atoms with Crippen LogP contribution in [0.4, 0.5) is 0 Å². The number of hydrazone groups is 1. The fourth-order valence-electron chi connectivity index (χ4n) is 4.09. The SMILES string of the molecule is Cc1c(-c2ccccc2)oc2ccc(C3=NN(C=O)C(c4ccc(Cl)cc4)C3)cc2c1=O. The van der Waals surface area contributed by atoms with Crippen molar-refractivity contribution in [2.24, 2.45) is 5.10 Å². The fourth-order valence-corrected chi connectivity index (χ4v) is 4.21. The minimum absolute atomic E-state index is 0.0768. The third-order valence-corrected chi connectivity index (χ3v) is 6.04. The molecule has 1 aromatic heterocycles. The number of amides is 1. The van der Waals surface area contributed by atoms with Gasteiger partial charge in [0, 0.05) is 22.6 Å². The first-order chi connectivity index (χ1) is 15.5. The van der Waals surface area contributed by atoms with Crippen LogP contribution in [0.2, 0.25) is 5.02 Å². The number of halogens is 1. The fraction of sp³-hybridized carbons (Fsp3) is 0.115. The van der Waals surface area contributed by atoms with Crippen molar-refractivity contribution in [1.82, 2.24) is 5.01 Å². The Morgan fingerprint density at radius 3 is 2.50 bits per heavy atom. The molecule has 0 radical (unpaired) electrons. The Morgan fingerprint density at radius 2 is 1.78 bits per heavy atom. The van der Waals surface area contributed by atoms with Crippen molar-refractivity contribution in [3.63, 3.8) is 0 Å². The molecule has 0 bridgehead atoms. The van der Waals surface area contributed by atoms with E-state index in [1.165, 1.54) is 5.01 Å². The van der Waals surface area contributed by atoms with Crippen LogP contribution in [0, 0.1) is 6.92 Å². The lowest BCUT2D eigenvalue weighted by Gasteiger charge is -2.17. The van der Waals surface area contributed by atoms with Crippen molar-refractivity contribution >= 4 is 34.7 Å². The smallest absolute Gasteiger partial charge is 0.230 e. The van der Waals surface area contributed by atoms with E-state index in [9.17, 15) is 9.59 Å². The molecule has 1 unspecified atom stereocenters. The first kappa shape index (κ1) is 20.2. The lowest BCUT2D eigenvalue weighted by Crippen LogP contribution is -2.17. The third kappa shape index (κ3) is 3.51. The summed E-state index contributed by atoms with van der Waals surface area (Å²) in [6, 6.07) is 22.2. The Bertz CT molecular complexity index is 1410. The molecule has 1 aliphatic heterocycles. The van der Waals surface area contributed by atoms with E-state index in [1.54, 1.807) is 31.2 Å². The average molecular weight is 443 g/mol. The number of hydrogen-bond acceptors (Lipinski definition) is 4. The maximum absolute atomic E-state index is 13.1. The van der Waals surface area contributed by atoms with Gasteiger partial charge in [0.15, 0.2) is 5.43 Å². The van der Waals surface area contributed by atoms with E-state index in [1.807, 2.05) is 48.5 Å². The molecule has 32 heavy (non-hydrogen) atoms. The molecule has 4 aromatic rings. The van der Waals surface area contributed by atoms with Crippen molar-refractivity contribution in [1.29, 1.82) is 0 Å². The molecule has 0 saturated carbocycles. The number of rotatable bonds is 4. The molecule has 5 rings (SSSR count). The van der Waals surface area contributed by atoms with Crippen LogP contribution in [0.5, 0.6) is 0 Å². The predicted octanol–water partition coefficient (Wildman–Crippen LogP) is 5.73. The summed E-state index contributed by atoms with van der Waals surface area (Å²) < 4.78 is 6.10. The van der Waals surface area contributed by atoms with Gasteiger partial charge in [0.05, 0.1) is 17.1 Å². The van der Waals surface area contributed by atoms with Gasteiger partial charge in [-0.05, 0) is 48.4 Å². The van der Waals surface area contributed by atoms with Crippen LogP contribution < -0.4 is 5.43 Å². The third-order valence-electron chi connectivity index (χ3n) is 5.79. The van der Waals surface area contributed by atoms with E-state index in [4.69, 9.17) is 16.0 Å². The van der Waals surface area contributed by atoms with Crippen molar-refractivity contribution < 1.29 is 9.21 Å². The second kappa shape index (κ2) is 8.09. The monoisotopic (exact) mass is 442 g/mol. The van der Waals surface area contributed by atoms with E-state index >= 15 is 0 Å². The summed E-state index contributed by atoms with van der Waals surface area (Å²) in [6.07, 6.45) is 1.26. The Hall–Kier alpha value is -3.70. The zero-order chi connectivity index (χ0) is 22.2. The van der Waals surface area contributed by atoms with Crippen LogP contribution in [0.15, 0.2) is 87.1 Å². The molecule has 0 saturated heterocycles. The Balaban J connectivity index is 1.54. The number of hydrogen-bond donors (Lipinski definition) is 0. The number of carbonyl (C=O) groups is 1. The number of carbonyl (C=O) groups excluding carboxylic acids is 1. The van der Waals surface area contributed by atoms with Crippen LogP contribution in [-0.4, -0.2) is 17.1 Å². The highest BCUT2D eigenvalue weighted by molar-refractivity contribution is 6.30. The summed E-state index contributed by atoms with van der Waals surface area (Å²) in [6.45, 7) is 1.78. The Labute approximate surface area is 189 Å². The van der Waals surface area contributed by atoms with Crippen molar-refractivity contribution in [2.45, 2.75) is 19.4 Å². The molecular weight excluding hydrogens is 424 g/mol. The zero-order valence-corrected chi connectivity index (χ0v) is 18.0. The summed E-state index contributed by atoms with van der Waals surface area (Å²) in [7, 11) is 0. The van der Waals surface area contributed by atoms with E-state index in [0.29, 0.717) is 33.7 Å². The molecule has 3 aromatic carbocycles. The molecule has 1 atom stereocenters. The first-order valence-corrected chi connectivity index (χ1v) is 10.6. The van der Waals surface area contributed by atoms with Gasteiger partial charge in [-0.1, -0.05) is 54.1 Å². The maximum atomic E-state index is 13.1. The second-order valence-corrected chi connectivity index (χ2v) is 8.20. The predicted molar refractivity (Wildman–Crippen MR) is 126 cm³/mol. The van der Waals surface area contributed by atoms with Gasteiger partial charge >= 0.3 is 0 Å². The normalized spacial score (nSPS) is 15.8. The van der Waals surface area contributed by atoms with Gasteiger partial charge in [-0.3, -0.25) is 9.59 Å². The quantitative estimate of drug-likeness (QED) is 0.379. The molecule has 1 amide bonds. The number of fused-ring (bicyclic) bond motifs is 1. The molecule has 0 spiro atoms. The lowest BCUT2D eigenvalue weighted by molar-refractivity contribution is -0.119. The van der Waals surface area contributed by atoms with Crippen molar-refractivity contribution in [3.05, 3.63) is 105 Å². The van der Waals surface area contributed by atoms with Crippen LogP contribution in [-0.2, 0) is 4.79 Å². The van der Waals surface area contributed by atoms with Crippen molar-refractivity contribution in [2.75, 3.05) is 0 Å². The van der Waals surface area contributed by atoms with E-state index in [2.05, 4.69) is 5.10 Å². The largest absolute Gasteiger partial charge is 0.456 e. The van der Waals surface area contributed by atoms with Gasteiger partial charge in [0.25, 0.3) is 0 Å². The van der Waals surface area contributed by atoms with Crippen LogP contribution in [0.3, 0.4) is 0 Å². The highest BCUT2D eigenvalue weighted by Crippen LogP contribution is 2.33. The van der Waals surface area contributed by atoms with Gasteiger partial charge < -0.3 is 4.42 Å². The molecule has 1 aliphatic rings. The second-order valence-electron chi connectivity index (χ2n) is 7.77. The minimum Gasteiger partial charge on any atom is -0.456 e. The summed E-state index contributed by atoms with van der Waals surface area (Å²) in [4.78, 5) is 24.8. The minimum atomic E-state index is -0.214. The van der Waals surface area contributed by atoms with Gasteiger partial charge in [-0.2, -0.15) is 5.10 Å². The molecular formula is C26H19ClN2O3. The van der Waals surface area contributed by atoms with Crippen LogP contribution >= 0.6 is 11.6 Å². The van der Waals surface area contributed by atoms with E-state index in [0.717, 1.165) is 28.8 Å². The molecule has 0 N–H and O–H groups in total. The van der Waals surface area contributed by atoms with Gasteiger partial charge in [-0.15, -0.1) is 0 Å². The number of benzene rings is 3. The molecule has 5 nitrogen and oxygen atoms in total. The van der Waals surface area contributed by atoms with E-state index in [-0.39, 0.29) is 11.5 Å². The highest BCUT2D eigenvalue weighted by Gasteiger charge is 2.29. The lowest BCUT2D eigenvalue weighted by atomic mass is 9.97. The highest BCUT2D eigenvalue weighted by atomic mass is 35.5. The Morgan fingerprint density at radius 1 is 1.03 bits per heavy atom. The number of nitrogens with zero attached hydrogens (tertiary/aromatic N) is 2. The molecule has 6 heteroatoms. The summed E-state index contributed by atoms with van der Waals surface area (Å²) in [5, 5.41) is 7.04. The summed E-state index contributed by atoms with van der Waals surface area (Å²) in [5.74, 6) is 0.573. The topological polar surface area (TPSA) is 62.9 Å². The van der Waals surface area contributed by atoms with E-state index < -0.39 is 0 Å². The average Bonchev–Trinajstić information content (AvgIpc) is 3.27. The Kier molecular flexibility index (Phi) is 5.11. The van der Waals surface area contributed by atoms with Gasteiger partial charge in [0.2, 0.25) is 6.41 Å². The summed E-state index contributed by atoms with van der Waals surface area (Å²) >= 11 is 6.00. The van der Waals surface area contributed by atoms with Crippen LogP contribution in [0.25, 0.3) is 22.3 Å². The van der Waals surface area contributed by atoms with Crippen LogP contribution in [0.1, 0.15) is 29.2 Å². The molecule has 158 valence electrons. The standard InChI is InChI=1S/C26H19ClN2O3/c1-16-25(31)21-13-19(9-12-24(21)32-26(16)18-5-3-2-4-6-18)22-14-23(29(15-30)28-22)17-7-10-20(27)11-8-17/h2-13,15,23H,14H2,1H3. The van der Waals surface area contributed by atoms with Gasteiger partial charge in [0.1, 0.15) is 11.3 Å².